The minimum atomic E-state index is -1.25. The quantitative estimate of drug-likeness (QED) is 0.670. The lowest BCUT2D eigenvalue weighted by Crippen LogP contribution is -2.25. The standard InChI is InChI=1S/C11H8Cl2O3/c12-6-1-2-7(8(13)5-6)9(14)11(3-4-11)10(15)16/h1-2,5H,3-4H2,(H,15,16). The Bertz CT molecular complexity index is 478. The van der Waals surface area contributed by atoms with Crippen molar-refractivity contribution in [2.24, 2.45) is 5.41 Å². The third-order valence-corrected chi connectivity index (χ3v) is 3.32. The average molecular weight is 259 g/mol. The summed E-state index contributed by atoms with van der Waals surface area (Å²) in [7, 11) is 0. The van der Waals surface area contributed by atoms with Crippen molar-refractivity contribution in [3.05, 3.63) is 33.8 Å². The number of carboxylic acids is 1. The fraction of sp³-hybridized carbons (Fsp3) is 0.273. The van der Waals surface area contributed by atoms with E-state index in [4.69, 9.17) is 28.3 Å². The van der Waals surface area contributed by atoms with Gasteiger partial charge in [0.2, 0.25) is 0 Å². The van der Waals surface area contributed by atoms with Gasteiger partial charge in [0.05, 0.1) is 5.02 Å². The Hall–Kier alpha value is -1.06. The Morgan fingerprint density at radius 1 is 1.25 bits per heavy atom. The fourth-order valence-corrected chi connectivity index (χ4v) is 2.09. The summed E-state index contributed by atoms with van der Waals surface area (Å²) in [5.74, 6) is -1.51. The van der Waals surface area contributed by atoms with Crippen LogP contribution < -0.4 is 0 Å². The third-order valence-electron chi connectivity index (χ3n) is 2.77. The Morgan fingerprint density at radius 3 is 2.31 bits per heavy atom. The summed E-state index contributed by atoms with van der Waals surface area (Å²) >= 11 is 11.6. The summed E-state index contributed by atoms with van der Waals surface area (Å²) < 4.78 is 0. The monoisotopic (exact) mass is 258 g/mol. The Kier molecular flexibility index (Phi) is 2.68. The zero-order chi connectivity index (χ0) is 11.9. The number of aliphatic carboxylic acids is 1. The molecule has 0 spiro atoms. The van der Waals surface area contributed by atoms with Crippen molar-refractivity contribution in [2.45, 2.75) is 12.8 Å². The van der Waals surface area contributed by atoms with Crippen LogP contribution in [0, 0.1) is 5.41 Å². The number of Topliss-reactive ketones (excluding diaryl/α,β-unsaturated/α-hetero) is 1. The van der Waals surface area contributed by atoms with Crippen molar-refractivity contribution in [3.63, 3.8) is 0 Å². The van der Waals surface area contributed by atoms with Crippen molar-refractivity contribution in [3.8, 4) is 0 Å². The highest BCUT2D eigenvalue weighted by Gasteiger charge is 2.57. The molecule has 1 aromatic carbocycles. The van der Waals surface area contributed by atoms with E-state index >= 15 is 0 Å². The number of ketones is 1. The van der Waals surface area contributed by atoms with Gasteiger partial charge in [0.25, 0.3) is 0 Å². The molecule has 0 radical (unpaired) electrons. The molecule has 1 aliphatic carbocycles. The lowest BCUT2D eigenvalue weighted by Gasteiger charge is -2.09. The molecule has 2 rings (SSSR count). The van der Waals surface area contributed by atoms with Gasteiger partial charge in [-0.25, -0.2) is 0 Å². The van der Waals surface area contributed by atoms with Gasteiger partial charge in [0, 0.05) is 10.6 Å². The minimum Gasteiger partial charge on any atom is -0.480 e. The zero-order valence-corrected chi connectivity index (χ0v) is 9.68. The topological polar surface area (TPSA) is 54.4 Å². The Morgan fingerprint density at radius 2 is 1.88 bits per heavy atom. The van der Waals surface area contributed by atoms with Gasteiger partial charge >= 0.3 is 5.97 Å². The molecule has 0 saturated heterocycles. The van der Waals surface area contributed by atoms with E-state index in [0.717, 1.165) is 0 Å². The SMILES string of the molecule is O=C(O)C1(C(=O)c2ccc(Cl)cc2Cl)CC1. The number of carbonyl (C=O) groups excluding carboxylic acids is 1. The maximum atomic E-state index is 12.0. The predicted molar refractivity (Wildman–Crippen MR) is 60.1 cm³/mol. The largest absolute Gasteiger partial charge is 0.480 e. The van der Waals surface area contributed by atoms with Gasteiger partial charge in [0.1, 0.15) is 5.41 Å². The highest BCUT2D eigenvalue weighted by atomic mass is 35.5. The van der Waals surface area contributed by atoms with Gasteiger partial charge in [-0.05, 0) is 31.0 Å². The van der Waals surface area contributed by atoms with Gasteiger partial charge in [0.15, 0.2) is 5.78 Å². The maximum absolute atomic E-state index is 12.0. The van der Waals surface area contributed by atoms with Crippen LogP contribution in [0.15, 0.2) is 18.2 Å². The number of hydrogen-bond donors (Lipinski definition) is 1. The van der Waals surface area contributed by atoms with Gasteiger partial charge in [-0.2, -0.15) is 0 Å². The van der Waals surface area contributed by atoms with Gasteiger partial charge in [-0.1, -0.05) is 23.2 Å². The number of hydrogen-bond acceptors (Lipinski definition) is 2. The van der Waals surface area contributed by atoms with Gasteiger partial charge < -0.3 is 5.11 Å². The molecule has 0 aliphatic heterocycles. The molecule has 0 heterocycles. The van der Waals surface area contributed by atoms with E-state index in [1.54, 1.807) is 0 Å². The molecule has 1 aliphatic rings. The molecular weight excluding hydrogens is 251 g/mol. The van der Waals surface area contributed by atoms with E-state index in [0.29, 0.717) is 17.9 Å². The van der Waals surface area contributed by atoms with Crippen molar-refractivity contribution in [1.82, 2.24) is 0 Å². The lowest BCUT2D eigenvalue weighted by atomic mass is 9.95. The summed E-state index contributed by atoms with van der Waals surface area (Å²) in [5, 5.41) is 9.61. The minimum absolute atomic E-state index is 0.199. The van der Waals surface area contributed by atoms with E-state index in [2.05, 4.69) is 0 Å². The van der Waals surface area contributed by atoms with Crippen LogP contribution in [-0.4, -0.2) is 16.9 Å². The summed E-state index contributed by atoms with van der Waals surface area (Å²) in [6.07, 6.45) is 0.750. The van der Waals surface area contributed by atoms with Crippen molar-refractivity contribution >= 4 is 35.0 Å². The number of rotatable bonds is 3. The molecule has 0 amide bonds. The highest BCUT2D eigenvalue weighted by Crippen LogP contribution is 2.49. The van der Waals surface area contributed by atoms with Crippen LogP contribution in [0.3, 0.4) is 0 Å². The molecule has 0 atom stereocenters. The molecule has 0 aromatic heterocycles. The van der Waals surface area contributed by atoms with Crippen molar-refractivity contribution in [1.29, 1.82) is 0 Å². The van der Waals surface area contributed by atoms with Crippen LogP contribution in [0.4, 0.5) is 0 Å². The van der Waals surface area contributed by atoms with E-state index < -0.39 is 17.2 Å². The molecule has 1 N–H and O–H groups in total. The number of benzene rings is 1. The molecule has 84 valence electrons. The normalized spacial score (nSPS) is 16.9. The number of halogens is 2. The Balaban J connectivity index is 2.39. The fourth-order valence-electron chi connectivity index (χ4n) is 1.59. The second kappa shape index (κ2) is 3.75. The molecule has 1 saturated carbocycles. The number of carboxylic acid groups (broad SMARTS) is 1. The first-order valence-corrected chi connectivity index (χ1v) is 5.46. The average Bonchev–Trinajstić information content (AvgIpc) is 2.97. The van der Waals surface area contributed by atoms with Crippen LogP contribution in [0.1, 0.15) is 23.2 Å². The summed E-state index contributed by atoms with van der Waals surface area (Å²) in [6.45, 7) is 0. The lowest BCUT2D eigenvalue weighted by molar-refractivity contribution is -0.141. The van der Waals surface area contributed by atoms with E-state index in [-0.39, 0.29) is 10.6 Å². The van der Waals surface area contributed by atoms with Crippen LogP contribution in [0.5, 0.6) is 0 Å². The molecule has 1 fully saturated rings. The molecule has 1 aromatic rings. The van der Waals surface area contributed by atoms with Gasteiger partial charge in [-0.3, -0.25) is 9.59 Å². The van der Waals surface area contributed by atoms with Gasteiger partial charge in [-0.15, -0.1) is 0 Å². The maximum Gasteiger partial charge on any atom is 0.317 e. The molecule has 3 nitrogen and oxygen atoms in total. The zero-order valence-electron chi connectivity index (χ0n) is 8.17. The first kappa shape index (κ1) is 11.4. The second-order valence-electron chi connectivity index (χ2n) is 3.84. The molecule has 0 unspecified atom stereocenters. The molecule has 16 heavy (non-hydrogen) atoms. The number of carbonyl (C=O) groups is 2. The van der Waals surface area contributed by atoms with E-state index in [9.17, 15) is 9.59 Å². The van der Waals surface area contributed by atoms with Crippen molar-refractivity contribution in [2.75, 3.05) is 0 Å². The van der Waals surface area contributed by atoms with Crippen molar-refractivity contribution < 1.29 is 14.7 Å². The summed E-state index contributed by atoms with van der Waals surface area (Å²) in [4.78, 5) is 23.0. The molecular formula is C11H8Cl2O3. The highest BCUT2D eigenvalue weighted by molar-refractivity contribution is 6.37. The smallest absolute Gasteiger partial charge is 0.317 e. The van der Waals surface area contributed by atoms with E-state index in [1.165, 1.54) is 18.2 Å². The Labute approximate surface area is 102 Å². The first-order chi connectivity index (χ1) is 7.47. The summed E-state index contributed by atoms with van der Waals surface area (Å²) in [5.41, 5.74) is -1.02. The first-order valence-electron chi connectivity index (χ1n) is 4.70. The van der Waals surface area contributed by atoms with Crippen LogP contribution in [-0.2, 0) is 4.79 Å². The van der Waals surface area contributed by atoms with Crippen LogP contribution in [0.25, 0.3) is 0 Å². The second-order valence-corrected chi connectivity index (χ2v) is 4.68. The third kappa shape index (κ3) is 1.70. The van der Waals surface area contributed by atoms with Crippen LogP contribution >= 0.6 is 23.2 Å². The van der Waals surface area contributed by atoms with Crippen LogP contribution in [0.2, 0.25) is 10.0 Å². The molecule has 0 bridgehead atoms. The summed E-state index contributed by atoms with van der Waals surface area (Å²) in [6, 6.07) is 4.43. The van der Waals surface area contributed by atoms with E-state index in [1.807, 2.05) is 0 Å². The molecule has 5 heteroatoms. The predicted octanol–water partition coefficient (Wildman–Crippen LogP) is 3.04.